The first-order chi connectivity index (χ1) is 7.25. The van der Waals surface area contributed by atoms with Gasteiger partial charge in [-0.05, 0) is 12.1 Å². The summed E-state index contributed by atoms with van der Waals surface area (Å²) in [6.45, 7) is 0. The Morgan fingerprint density at radius 2 is 1.65 bits per heavy atom. The fourth-order valence-corrected chi connectivity index (χ4v) is 1.85. The van der Waals surface area contributed by atoms with Gasteiger partial charge in [0, 0.05) is 0 Å². The van der Waals surface area contributed by atoms with Gasteiger partial charge in [0.25, 0.3) is 10.1 Å². The summed E-state index contributed by atoms with van der Waals surface area (Å²) in [6.07, 6.45) is 0. The first kappa shape index (κ1) is 16.7. The maximum Gasteiger partial charge on any atom is 1.00 e. The SMILES string of the molecule is O=C(O)c1cccc(S(=O)(=O)O)c1C(=O)O.[H-].[K+]. The summed E-state index contributed by atoms with van der Waals surface area (Å²) in [4.78, 5) is 20.5. The van der Waals surface area contributed by atoms with Crippen LogP contribution in [0.15, 0.2) is 23.1 Å². The van der Waals surface area contributed by atoms with Crippen LogP contribution in [0.3, 0.4) is 0 Å². The van der Waals surface area contributed by atoms with Crippen LogP contribution in [0.1, 0.15) is 22.1 Å². The van der Waals surface area contributed by atoms with E-state index in [1.807, 2.05) is 0 Å². The van der Waals surface area contributed by atoms with Crippen molar-refractivity contribution >= 4 is 22.1 Å². The van der Waals surface area contributed by atoms with E-state index in [1.165, 1.54) is 0 Å². The fraction of sp³-hybridized carbons (Fsp3) is 0. The van der Waals surface area contributed by atoms with E-state index in [9.17, 15) is 18.0 Å². The van der Waals surface area contributed by atoms with Crippen LogP contribution in [0, 0.1) is 0 Å². The van der Waals surface area contributed by atoms with Crippen LogP contribution in [0.5, 0.6) is 0 Å². The first-order valence-corrected chi connectivity index (χ1v) is 5.26. The molecule has 0 saturated heterocycles. The average molecular weight is 286 g/mol. The summed E-state index contributed by atoms with van der Waals surface area (Å²) in [5, 5.41) is 17.4. The third-order valence-corrected chi connectivity index (χ3v) is 2.64. The van der Waals surface area contributed by atoms with Crippen LogP contribution >= 0.6 is 0 Å². The number of carbonyl (C=O) groups is 2. The summed E-state index contributed by atoms with van der Waals surface area (Å²) in [5.74, 6) is -3.34. The number of aromatic carboxylic acids is 2. The number of rotatable bonds is 3. The maximum atomic E-state index is 10.8. The zero-order valence-electron chi connectivity index (χ0n) is 9.61. The van der Waals surface area contributed by atoms with Crippen molar-refractivity contribution in [2.75, 3.05) is 0 Å². The molecule has 17 heavy (non-hydrogen) atoms. The van der Waals surface area contributed by atoms with E-state index in [4.69, 9.17) is 14.8 Å². The third kappa shape index (κ3) is 3.84. The molecular formula is C8H7KO7S. The Morgan fingerprint density at radius 3 is 2.00 bits per heavy atom. The molecule has 0 amide bonds. The van der Waals surface area contributed by atoms with Gasteiger partial charge in [-0.2, -0.15) is 8.42 Å². The van der Waals surface area contributed by atoms with E-state index in [-0.39, 0.29) is 52.8 Å². The van der Waals surface area contributed by atoms with Crippen LogP contribution < -0.4 is 51.4 Å². The van der Waals surface area contributed by atoms with Crippen LogP contribution in [0.2, 0.25) is 0 Å². The summed E-state index contributed by atoms with van der Waals surface area (Å²) in [5.41, 5.74) is -1.67. The molecule has 1 rings (SSSR count). The zero-order chi connectivity index (χ0) is 12.5. The Kier molecular flexibility index (Phi) is 5.94. The summed E-state index contributed by atoms with van der Waals surface area (Å²) in [7, 11) is -4.78. The maximum absolute atomic E-state index is 10.8. The smallest absolute Gasteiger partial charge is 1.00 e. The quantitative estimate of drug-likeness (QED) is 0.412. The fourth-order valence-electron chi connectivity index (χ4n) is 1.14. The molecule has 0 bridgehead atoms. The van der Waals surface area contributed by atoms with Crippen molar-refractivity contribution in [3.05, 3.63) is 29.3 Å². The van der Waals surface area contributed by atoms with Gasteiger partial charge >= 0.3 is 63.3 Å². The molecule has 0 radical (unpaired) electrons. The van der Waals surface area contributed by atoms with Crippen molar-refractivity contribution in [2.24, 2.45) is 0 Å². The van der Waals surface area contributed by atoms with Gasteiger partial charge in [0.05, 0.1) is 11.1 Å². The zero-order valence-corrected chi connectivity index (χ0v) is 12.6. The molecule has 0 spiro atoms. The molecule has 0 aliphatic heterocycles. The number of carboxylic acids is 2. The van der Waals surface area contributed by atoms with Gasteiger partial charge < -0.3 is 11.6 Å². The minimum atomic E-state index is -4.78. The van der Waals surface area contributed by atoms with Gasteiger partial charge in [-0.3, -0.25) is 4.55 Å². The van der Waals surface area contributed by atoms with Gasteiger partial charge in [-0.15, -0.1) is 0 Å². The molecule has 0 fully saturated rings. The predicted molar refractivity (Wildman–Crippen MR) is 51.3 cm³/mol. The van der Waals surface area contributed by atoms with Crippen molar-refractivity contribution in [3.63, 3.8) is 0 Å². The predicted octanol–water partition coefficient (Wildman–Crippen LogP) is -2.55. The molecule has 1 aromatic rings. The van der Waals surface area contributed by atoms with Crippen molar-refractivity contribution in [1.29, 1.82) is 0 Å². The first-order valence-electron chi connectivity index (χ1n) is 3.82. The number of carboxylic acid groups (broad SMARTS) is 2. The van der Waals surface area contributed by atoms with Crippen molar-refractivity contribution in [3.8, 4) is 0 Å². The summed E-state index contributed by atoms with van der Waals surface area (Å²) in [6, 6.07) is 2.77. The summed E-state index contributed by atoms with van der Waals surface area (Å²) < 4.78 is 30.4. The molecule has 1 aromatic carbocycles. The standard InChI is InChI=1S/C8H6O7S.K.H/c9-7(10)4-2-1-3-5(16(13,14)15)6(4)8(11)12;;/h1-3H,(H,9,10)(H,11,12)(H,13,14,15);;/q;+1;-1. The second-order valence-corrected chi connectivity index (χ2v) is 4.15. The van der Waals surface area contributed by atoms with E-state index >= 15 is 0 Å². The number of hydrogen-bond acceptors (Lipinski definition) is 4. The monoisotopic (exact) mass is 286 g/mol. The molecule has 0 unspecified atom stereocenters. The second kappa shape index (κ2) is 6.04. The Hall–Kier alpha value is -0.294. The molecule has 7 nitrogen and oxygen atoms in total. The van der Waals surface area contributed by atoms with Crippen molar-refractivity contribution in [1.82, 2.24) is 0 Å². The molecule has 0 heterocycles. The van der Waals surface area contributed by atoms with Crippen LogP contribution in [0.4, 0.5) is 0 Å². The van der Waals surface area contributed by atoms with Crippen molar-refractivity contribution in [2.45, 2.75) is 4.90 Å². The molecule has 3 N–H and O–H groups in total. The van der Waals surface area contributed by atoms with Crippen LogP contribution in [0.25, 0.3) is 0 Å². The third-order valence-electron chi connectivity index (χ3n) is 1.75. The minimum Gasteiger partial charge on any atom is -1.00 e. The van der Waals surface area contributed by atoms with E-state index < -0.39 is 38.1 Å². The van der Waals surface area contributed by atoms with Crippen LogP contribution in [-0.4, -0.2) is 35.1 Å². The second-order valence-electron chi connectivity index (χ2n) is 2.76. The topological polar surface area (TPSA) is 129 Å². The molecule has 0 aromatic heterocycles. The molecule has 9 heteroatoms. The number of benzene rings is 1. The molecule has 0 aliphatic carbocycles. The minimum absolute atomic E-state index is 0. The van der Waals surface area contributed by atoms with Gasteiger partial charge in [0.1, 0.15) is 4.90 Å². The van der Waals surface area contributed by atoms with Crippen LogP contribution in [-0.2, 0) is 10.1 Å². The molecule has 0 atom stereocenters. The van der Waals surface area contributed by atoms with Gasteiger partial charge in [-0.25, -0.2) is 9.59 Å². The van der Waals surface area contributed by atoms with E-state index in [0.29, 0.717) is 0 Å². The van der Waals surface area contributed by atoms with Crippen molar-refractivity contribution < 1.29 is 85.6 Å². The van der Waals surface area contributed by atoms with E-state index in [0.717, 1.165) is 18.2 Å². The van der Waals surface area contributed by atoms with Gasteiger partial charge in [-0.1, -0.05) is 6.07 Å². The van der Waals surface area contributed by atoms with E-state index in [2.05, 4.69) is 0 Å². The van der Waals surface area contributed by atoms with Gasteiger partial charge in [0.15, 0.2) is 0 Å². The normalized spacial score (nSPS) is 10.4. The molecule has 88 valence electrons. The Balaban J connectivity index is 0. The number of hydrogen-bond donors (Lipinski definition) is 3. The molecule has 0 saturated carbocycles. The molecular weight excluding hydrogens is 279 g/mol. The van der Waals surface area contributed by atoms with E-state index in [1.54, 1.807) is 0 Å². The Labute approximate surface area is 140 Å². The van der Waals surface area contributed by atoms with Gasteiger partial charge in [0.2, 0.25) is 0 Å². The Morgan fingerprint density at radius 1 is 1.12 bits per heavy atom. The average Bonchev–Trinajstić information content (AvgIpc) is 2.14. The molecule has 0 aliphatic rings. The Bertz CT molecular complexity index is 569. The summed E-state index contributed by atoms with van der Waals surface area (Å²) >= 11 is 0. The largest absolute Gasteiger partial charge is 1.00 e.